The van der Waals surface area contributed by atoms with Gasteiger partial charge in [-0.05, 0) is 24.6 Å². The smallest absolute Gasteiger partial charge is 0.160 e. The molecule has 0 bridgehead atoms. The number of benzene rings is 1. The van der Waals surface area contributed by atoms with E-state index in [1.54, 1.807) is 6.07 Å². The zero-order valence-electron chi connectivity index (χ0n) is 11.9. The standard InChI is InChI=1S/C16H18N4O/c1-2-13(12-7-3-4-8-14(12)21)17-11-16-19-18-15-9-5-6-10-20(15)16/h3-10,13,17,21H,2,11H2,1H3. The Labute approximate surface area is 123 Å². The van der Waals surface area contributed by atoms with Crippen LogP contribution in [0.2, 0.25) is 0 Å². The lowest BCUT2D eigenvalue weighted by molar-refractivity contribution is 0.438. The number of pyridine rings is 1. The molecule has 3 aromatic rings. The Hall–Kier alpha value is -2.40. The van der Waals surface area contributed by atoms with Crippen LogP contribution < -0.4 is 5.32 Å². The summed E-state index contributed by atoms with van der Waals surface area (Å²) in [4.78, 5) is 0. The first-order valence-electron chi connectivity index (χ1n) is 7.09. The Morgan fingerprint density at radius 1 is 1.14 bits per heavy atom. The molecule has 0 aliphatic rings. The maximum Gasteiger partial charge on any atom is 0.160 e. The molecular weight excluding hydrogens is 264 g/mol. The Bertz CT molecular complexity index is 738. The second-order valence-electron chi connectivity index (χ2n) is 4.95. The lowest BCUT2D eigenvalue weighted by Crippen LogP contribution is -2.21. The molecule has 108 valence electrons. The third kappa shape index (κ3) is 2.73. The molecule has 0 fully saturated rings. The highest BCUT2D eigenvalue weighted by Gasteiger charge is 2.14. The molecule has 1 unspecified atom stereocenters. The lowest BCUT2D eigenvalue weighted by atomic mass is 10.0. The molecule has 0 aliphatic carbocycles. The van der Waals surface area contributed by atoms with Gasteiger partial charge in [0.2, 0.25) is 0 Å². The van der Waals surface area contributed by atoms with Crippen molar-refractivity contribution in [2.24, 2.45) is 0 Å². The van der Waals surface area contributed by atoms with E-state index in [4.69, 9.17) is 0 Å². The van der Waals surface area contributed by atoms with Crippen LogP contribution in [0.1, 0.15) is 30.8 Å². The number of nitrogens with zero attached hydrogens (tertiary/aromatic N) is 3. The van der Waals surface area contributed by atoms with Gasteiger partial charge in [-0.3, -0.25) is 4.40 Å². The van der Waals surface area contributed by atoms with Gasteiger partial charge in [0.25, 0.3) is 0 Å². The van der Waals surface area contributed by atoms with Crippen LogP contribution in [-0.4, -0.2) is 19.7 Å². The minimum atomic E-state index is 0.0854. The van der Waals surface area contributed by atoms with Crippen molar-refractivity contribution in [3.63, 3.8) is 0 Å². The summed E-state index contributed by atoms with van der Waals surface area (Å²) in [5, 5.41) is 21.7. The fourth-order valence-corrected chi connectivity index (χ4v) is 2.48. The molecule has 5 heteroatoms. The molecule has 0 radical (unpaired) electrons. The summed E-state index contributed by atoms with van der Waals surface area (Å²) in [5.41, 5.74) is 1.75. The van der Waals surface area contributed by atoms with Crippen molar-refractivity contribution < 1.29 is 5.11 Å². The highest BCUT2D eigenvalue weighted by Crippen LogP contribution is 2.25. The fraction of sp³-hybridized carbons (Fsp3) is 0.250. The molecule has 1 atom stereocenters. The summed E-state index contributed by atoms with van der Waals surface area (Å²) in [6, 6.07) is 13.3. The largest absolute Gasteiger partial charge is 0.508 e. The summed E-state index contributed by atoms with van der Waals surface area (Å²) in [7, 11) is 0. The van der Waals surface area contributed by atoms with E-state index in [1.807, 2.05) is 47.0 Å². The predicted molar refractivity (Wildman–Crippen MR) is 81.0 cm³/mol. The molecule has 0 amide bonds. The van der Waals surface area contributed by atoms with Crippen molar-refractivity contribution in [3.8, 4) is 5.75 Å². The maximum atomic E-state index is 9.97. The Kier molecular flexibility index (Phi) is 3.83. The zero-order chi connectivity index (χ0) is 14.7. The molecule has 0 aliphatic heterocycles. The zero-order valence-corrected chi connectivity index (χ0v) is 11.9. The monoisotopic (exact) mass is 282 g/mol. The fourth-order valence-electron chi connectivity index (χ4n) is 2.48. The topological polar surface area (TPSA) is 62.5 Å². The second kappa shape index (κ2) is 5.93. The van der Waals surface area contributed by atoms with E-state index in [1.165, 1.54) is 0 Å². The van der Waals surface area contributed by atoms with Crippen LogP contribution >= 0.6 is 0 Å². The third-order valence-electron chi connectivity index (χ3n) is 3.61. The van der Waals surface area contributed by atoms with Crippen molar-refractivity contribution in [2.75, 3.05) is 0 Å². The molecule has 0 saturated heterocycles. The number of aromatic hydroxyl groups is 1. The predicted octanol–water partition coefficient (Wildman–Crippen LogP) is 2.68. The minimum Gasteiger partial charge on any atom is -0.508 e. The van der Waals surface area contributed by atoms with Crippen LogP contribution in [0.25, 0.3) is 5.65 Å². The second-order valence-corrected chi connectivity index (χ2v) is 4.95. The van der Waals surface area contributed by atoms with Crippen LogP contribution in [0, 0.1) is 0 Å². The van der Waals surface area contributed by atoms with Crippen LogP contribution in [0.4, 0.5) is 0 Å². The number of hydrogen-bond acceptors (Lipinski definition) is 4. The average molecular weight is 282 g/mol. The number of phenols is 1. The third-order valence-corrected chi connectivity index (χ3v) is 3.61. The number of phenolic OH excluding ortho intramolecular Hbond substituents is 1. The van der Waals surface area contributed by atoms with Crippen LogP contribution in [-0.2, 0) is 6.54 Å². The van der Waals surface area contributed by atoms with E-state index >= 15 is 0 Å². The van der Waals surface area contributed by atoms with E-state index in [2.05, 4.69) is 22.4 Å². The van der Waals surface area contributed by atoms with Crippen molar-refractivity contribution in [3.05, 3.63) is 60.0 Å². The molecular formula is C16H18N4O. The number of para-hydroxylation sites is 1. The number of hydrogen-bond donors (Lipinski definition) is 2. The van der Waals surface area contributed by atoms with E-state index < -0.39 is 0 Å². The van der Waals surface area contributed by atoms with E-state index in [-0.39, 0.29) is 6.04 Å². The lowest BCUT2D eigenvalue weighted by Gasteiger charge is -2.18. The van der Waals surface area contributed by atoms with Gasteiger partial charge in [0.15, 0.2) is 11.5 Å². The molecule has 3 rings (SSSR count). The summed E-state index contributed by atoms with van der Waals surface area (Å²) < 4.78 is 1.96. The minimum absolute atomic E-state index is 0.0854. The Balaban J connectivity index is 1.78. The molecule has 2 aromatic heterocycles. The molecule has 1 aromatic carbocycles. The summed E-state index contributed by atoms with van der Waals surface area (Å²) in [5.74, 6) is 1.18. The summed E-state index contributed by atoms with van der Waals surface area (Å²) in [6.45, 7) is 2.68. The first kappa shape index (κ1) is 13.6. The van der Waals surface area contributed by atoms with Crippen molar-refractivity contribution in [1.82, 2.24) is 19.9 Å². The number of fused-ring (bicyclic) bond motifs is 1. The van der Waals surface area contributed by atoms with Crippen LogP contribution in [0.15, 0.2) is 48.7 Å². The molecule has 2 heterocycles. The maximum absolute atomic E-state index is 9.97. The normalized spacial score (nSPS) is 12.6. The van der Waals surface area contributed by atoms with Gasteiger partial charge in [0.05, 0.1) is 6.54 Å². The molecule has 2 N–H and O–H groups in total. The number of nitrogens with one attached hydrogen (secondary N) is 1. The van der Waals surface area contributed by atoms with E-state index in [0.29, 0.717) is 12.3 Å². The van der Waals surface area contributed by atoms with Crippen LogP contribution in [0.5, 0.6) is 5.75 Å². The first-order chi connectivity index (χ1) is 10.3. The average Bonchev–Trinajstić information content (AvgIpc) is 2.93. The van der Waals surface area contributed by atoms with Gasteiger partial charge in [-0.15, -0.1) is 10.2 Å². The van der Waals surface area contributed by atoms with Gasteiger partial charge in [0, 0.05) is 17.8 Å². The Morgan fingerprint density at radius 3 is 2.76 bits per heavy atom. The highest BCUT2D eigenvalue weighted by atomic mass is 16.3. The van der Waals surface area contributed by atoms with E-state index in [9.17, 15) is 5.11 Å². The SMILES string of the molecule is CCC(NCc1nnc2ccccn12)c1ccccc1O. The van der Waals surface area contributed by atoms with Crippen molar-refractivity contribution in [2.45, 2.75) is 25.9 Å². The molecule has 0 spiro atoms. The summed E-state index contributed by atoms with van der Waals surface area (Å²) >= 11 is 0. The van der Waals surface area contributed by atoms with Gasteiger partial charge in [-0.2, -0.15) is 0 Å². The van der Waals surface area contributed by atoms with Crippen molar-refractivity contribution >= 4 is 5.65 Å². The quantitative estimate of drug-likeness (QED) is 0.755. The molecule has 0 saturated carbocycles. The highest BCUT2D eigenvalue weighted by molar-refractivity contribution is 5.37. The number of rotatable bonds is 5. The first-order valence-corrected chi connectivity index (χ1v) is 7.09. The number of aromatic nitrogens is 3. The van der Waals surface area contributed by atoms with Gasteiger partial charge in [0.1, 0.15) is 5.75 Å². The van der Waals surface area contributed by atoms with Gasteiger partial charge < -0.3 is 10.4 Å². The molecule has 5 nitrogen and oxygen atoms in total. The van der Waals surface area contributed by atoms with Gasteiger partial charge in [-0.25, -0.2) is 0 Å². The van der Waals surface area contributed by atoms with Gasteiger partial charge >= 0.3 is 0 Å². The van der Waals surface area contributed by atoms with Gasteiger partial charge in [-0.1, -0.05) is 31.2 Å². The van der Waals surface area contributed by atoms with Crippen molar-refractivity contribution in [1.29, 1.82) is 0 Å². The Morgan fingerprint density at radius 2 is 1.95 bits per heavy atom. The van der Waals surface area contributed by atoms with Crippen LogP contribution in [0.3, 0.4) is 0 Å². The summed E-state index contributed by atoms with van der Waals surface area (Å²) in [6.07, 6.45) is 2.83. The van der Waals surface area contributed by atoms with E-state index in [0.717, 1.165) is 23.5 Å². The molecule has 21 heavy (non-hydrogen) atoms.